The SMILES string of the molecule is C[C@H](CCc1ccccc1)CNC[C@H](O)c1ccco1. The first-order valence-electron chi connectivity index (χ1n) is 7.22. The molecular weight excluding hydrogens is 250 g/mol. The second-order valence-electron chi connectivity index (χ2n) is 5.32. The van der Waals surface area contributed by atoms with Gasteiger partial charge in [0.1, 0.15) is 11.9 Å². The van der Waals surface area contributed by atoms with Crippen molar-refractivity contribution in [2.75, 3.05) is 13.1 Å². The van der Waals surface area contributed by atoms with Crippen LogP contribution in [0.25, 0.3) is 0 Å². The van der Waals surface area contributed by atoms with E-state index < -0.39 is 6.10 Å². The van der Waals surface area contributed by atoms with E-state index in [1.165, 1.54) is 5.56 Å². The van der Waals surface area contributed by atoms with E-state index >= 15 is 0 Å². The highest BCUT2D eigenvalue weighted by Crippen LogP contribution is 2.12. The minimum Gasteiger partial charge on any atom is -0.467 e. The Morgan fingerprint density at radius 3 is 2.60 bits per heavy atom. The summed E-state index contributed by atoms with van der Waals surface area (Å²) in [5, 5.41) is 13.2. The molecule has 1 heterocycles. The standard InChI is InChI=1S/C17H23NO2/c1-14(9-10-15-6-3-2-4-7-15)12-18-13-16(19)17-8-5-11-20-17/h2-8,11,14,16,18-19H,9-10,12-13H2,1H3/t14-,16+/m1/s1. The zero-order valence-corrected chi connectivity index (χ0v) is 12.0. The van der Waals surface area contributed by atoms with Crippen LogP contribution >= 0.6 is 0 Å². The van der Waals surface area contributed by atoms with E-state index in [1.807, 2.05) is 6.07 Å². The van der Waals surface area contributed by atoms with Gasteiger partial charge >= 0.3 is 0 Å². The molecule has 0 fully saturated rings. The Labute approximate surface area is 120 Å². The van der Waals surface area contributed by atoms with Gasteiger partial charge in [-0.1, -0.05) is 37.3 Å². The maximum atomic E-state index is 9.87. The lowest BCUT2D eigenvalue weighted by molar-refractivity contribution is 0.146. The lowest BCUT2D eigenvalue weighted by Crippen LogP contribution is -2.26. The van der Waals surface area contributed by atoms with Gasteiger partial charge in [-0.3, -0.25) is 0 Å². The number of aliphatic hydroxyl groups excluding tert-OH is 1. The molecule has 0 amide bonds. The molecule has 0 saturated heterocycles. The predicted molar refractivity (Wildman–Crippen MR) is 80.5 cm³/mol. The smallest absolute Gasteiger partial charge is 0.133 e. The van der Waals surface area contributed by atoms with Gasteiger partial charge in [0.25, 0.3) is 0 Å². The van der Waals surface area contributed by atoms with Gasteiger partial charge < -0.3 is 14.8 Å². The highest BCUT2D eigenvalue weighted by Gasteiger charge is 2.10. The second kappa shape index (κ2) is 7.88. The molecule has 0 unspecified atom stereocenters. The summed E-state index contributed by atoms with van der Waals surface area (Å²) < 4.78 is 5.17. The van der Waals surface area contributed by atoms with Crippen LogP contribution in [-0.2, 0) is 6.42 Å². The van der Waals surface area contributed by atoms with Gasteiger partial charge in [-0.2, -0.15) is 0 Å². The Morgan fingerprint density at radius 1 is 1.10 bits per heavy atom. The molecule has 1 aromatic heterocycles. The van der Waals surface area contributed by atoms with E-state index in [-0.39, 0.29) is 0 Å². The first kappa shape index (κ1) is 14.8. The summed E-state index contributed by atoms with van der Waals surface area (Å²) in [6, 6.07) is 14.1. The Kier molecular flexibility index (Phi) is 5.84. The maximum Gasteiger partial charge on any atom is 0.133 e. The van der Waals surface area contributed by atoms with E-state index in [0.717, 1.165) is 19.4 Å². The fraction of sp³-hybridized carbons (Fsp3) is 0.412. The van der Waals surface area contributed by atoms with Gasteiger partial charge in [-0.25, -0.2) is 0 Å². The average molecular weight is 273 g/mol. The van der Waals surface area contributed by atoms with Crippen molar-refractivity contribution in [2.45, 2.75) is 25.9 Å². The summed E-state index contributed by atoms with van der Waals surface area (Å²) >= 11 is 0. The molecule has 3 nitrogen and oxygen atoms in total. The first-order valence-corrected chi connectivity index (χ1v) is 7.22. The number of aryl methyl sites for hydroxylation is 1. The molecular formula is C17H23NO2. The number of hydrogen-bond acceptors (Lipinski definition) is 3. The summed E-state index contributed by atoms with van der Waals surface area (Å²) in [5.41, 5.74) is 1.38. The summed E-state index contributed by atoms with van der Waals surface area (Å²) in [4.78, 5) is 0. The van der Waals surface area contributed by atoms with Crippen molar-refractivity contribution in [1.29, 1.82) is 0 Å². The van der Waals surface area contributed by atoms with Crippen molar-refractivity contribution in [3.8, 4) is 0 Å². The van der Waals surface area contributed by atoms with Crippen molar-refractivity contribution in [2.24, 2.45) is 5.92 Å². The summed E-state index contributed by atoms with van der Waals surface area (Å²) in [7, 11) is 0. The molecule has 1 aromatic carbocycles. The molecule has 3 heteroatoms. The minimum atomic E-state index is -0.564. The average Bonchev–Trinajstić information content (AvgIpc) is 3.00. The Hall–Kier alpha value is -1.58. The zero-order chi connectivity index (χ0) is 14.2. The number of rotatable bonds is 8. The van der Waals surface area contributed by atoms with Crippen LogP contribution in [0, 0.1) is 5.92 Å². The monoisotopic (exact) mass is 273 g/mol. The molecule has 0 spiro atoms. The number of benzene rings is 1. The van der Waals surface area contributed by atoms with Gasteiger partial charge in [0.15, 0.2) is 0 Å². The Balaban J connectivity index is 1.62. The molecule has 2 atom stereocenters. The van der Waals surface area contributed by atoms with Gasteiger partial charge in [0, 0.05) is 6.54 Å². The Morgan fingerprint density at radius 2 is 1.90 bits per heavy atom. The fourth-order valence-corrected chi connectivity index (χ4v) is 2.21. The largest absolute Gasteiger partial charge is 0.467 e. The highest BCUT2D eigenvalue weighted by atomic mass is 16.4. The second-order valence-corrected chi connectivity index (χ2v) is 5.32. The fourth-order valence-electron chi connectivity index (χ4n) is 2.21. The van der Waals surface area contributed by atoms with Crippen LogP contribution in [0.2, 0.25) is 0 Å². The van der Waals surface area contributed by atoms with Gasteiger partial charge in [0.05, 0.1) is 6.26 Å². The van der Waals surface area contributed by atoms with Crippen LogP contribution in [0.4, 0.5) is 0 Å². The lowest BCUT2D eigenvalue weighted by Gasteiger charge is -2.14. The van der Waals surface area contributed by atoms with Crippen molar-refractivity contribution in [1.82, 2.24) is 5.32 Å². The van der Waals surface area contributed by atoms with E-state index in [9.17, 15) is 5.11 Å². The quantitative estimate of drug-likeness (QED) is 0.776. The van der Waals surface area contributed by atoms with Crippen molar-refractivity contribution >= 4 is 0 Å². The molecule has 0 aliphatic heterocycles. The number of nitrogens with one attached hydrogen (secondary N) is 1. The molecule has 0 saturated carbocycles. The zero-order valence-electron chi connectivity index (χ0n) is 12.0. The summed E-state index contributed by atoms with van der Waals surface area (Å²) in [6.07, 6.45) is 3.27. The minimum absolute atomic E-state index is 0.531. The molecule has 0 aliphatic carbocycles. The molecule has 0 bridgehead atoms. The molecule has 2 rings (SSSR count). The van der Waals surface area contributed by atoms with Crippen molar-refractivity contribution < 1.29 is 9.52 Å². The number of furan rings is 1. The predicted octanol–water partition coefficient (Wildman–Crippen LogP) is 3.17. The summed E-state index contributed by atoms with van der Waals surface area (Å²) in [6.45, 7) is 3.67. The highest BCUT2D eigenvalue weighted by molar-refractivity contribution is 5.14. The third-order valence-corrected chi connectivity index (χ3v) is 3.47. The molecule has 108 valence electrons. The van der Waals surface area contributed by atoms with Gasteiger partial charge in [-0.05, 0) is 43.0 Å². The van der Waals surface area contributed by atoms with Crippen LogP contribution in [0.3, 0.4) is 0 Å². The lowest BCUT2D eigenvalue weighted by atomic mass is 10.0. The van der Waals surface area contributed by atoms with Crippen molar-refractivity contribution in [3.63, 3.8) is 0 Å². The molecule has 2 aromatic rings. The molecule has 0 radical (unpaired) electrons. The van der Waals surface area contributed by atoms with E-state index in [1.54, 1.807) is 18.4 Å². The third-order valence-electron chi connectivity index (χ3n) is 3.47. The number of aliphatic hydroxyl groups is 1. The first-order chi connectivity index (χ1) is 9.75. The Bertz CT molecular complexity index is 467. The normalized spacial score (nSPS) is 14.1. The van der Waals surface area contributed by atoms with Crippen LogP contribution in [0.5, 0.6) is 0 Å². The van der Waals surface area contributed by atoms with Gasteiger partial charge in [0.2, 0.25) is 0 Å². The molecule has 2 N–H and O–H groups in total. The van der Waals surface area contributed by atoms with Crippen LogP contribution < -0.4 is 5.32 Å². The number of hydrogen-bond donors (Lipinski definition) is 2. The van der Waals surface area contributed by atoms with Crippen LogP contribution in [-0.4, -0.2) is 18.2 Å². The van der Waals surface area contributed by atoms with Crippen molar-refractivity contribution in [3.05, 3.63) is 60.1 Å². The summed E-state index contributed by atoms with van der Waals surface area (Å²) in [5.74, 6) is 1.20. The topological polar surface area (TPSA) is 45.4 Å². The molecule has 20 heavy (non-hydrogen) atoms. The van der Waals surface area contributed by atoms with E-state index in [2.05, 4.69) is 36.5 Å². The van der Waals surface area contributed by atoms with E-state index in [0.29, 0.717) is 18.2 Å². The van der Waals surface area contributed by atoms with Crippen LogP contribution in [0.1, 0.15) is 30.8 Å². The van der Waals surface area contributed by atoms with Crippen LogP contribution in [0.15, 0.2) is 53.1 Å². The molecule has 0 aliphatic rings. The maximum absolute atomic E-state index is 9.87. The van der Waals surface area contributed by atoms with Gasteiger partial charge in [-0.15, -0.1) is 0 Å². The van der Waals surface area contributed by atoms with E-state index in [4.69, 9.17) is 4.42 Å². The third kappa shape index (κ3) is 4.83.